The zero-order chi connectivity index (χ0) is 15.1. The van der Waals surface area contributed by atoms with Crippen LogP contribution >= 0.6 is 0 Å². The minimum atomic E-state index is -0.497. The van der Waals surface area contributed by atoms with Crippen molar-refractivity contribution >= 4 is 11.9 Å². The Kier molecular flexibility index (Phi) is 6.20. The highest BCUT2D eigenvalue weighted by atomic mass is 16.7. The molecule has 112 valence electrons. The van der Waals surface area contributed by atoms with E-state index in [0.717, 1.165) is 0 Å². The highest BCUT2D eigenvalue weighted by Crippen LogP contribution is 2.08. The van der Waals surface area contributed by atoms with Crippen molar-refractivity contribution in [3.8, 4) is 0 Å². The van der Waals surface area contributed by atoms with Crippen LogP contribution in [0, 0.1) is 0 Å². The van der Waals surface area contributed by atoms with Crippen molar-refractivity contribution in [3.63, 3.8) is 0 Å². The molecule has 7 nitrogen and oxygen atoms in total. The smallest absolute Gasteiger partial charge is 0.339 e. The lowest BCUT2D eigenvalue weighted by atomic mass is 10.3. The first-order valence-corrected chi connectivity index (χ1v) is 6.20. The second kappa shape index (κ2) is 7.66. The average Bonchev–Trinajstić information content (AvgIpc) is 2.93. The van der Waals surface area contributed by atoms with Crippen molar-refractivity contribution in [3.05, 3.63) is 23.5 Å². The molecule has 0 spiro atoms. The Labute approximate surface area is 117 Å². The molecule has 1 aromatic heterocycles. The molecule has 0 saturated carbocycles. The molecule has 7 heteroatoms. The second-order valence-corrected chi connectivity index (χ2v) is 4.11. The number of hydrogen-bond donors (Lipinski definition) is 1. The van der Waals surface area contributed by atoms with E-state index < -0.39 is 12.3 Å². The SMILES string of the molecule is CCOC(=O)c1c[nH]c(C(=O)N(C)CC(OC)OC)c1. The van der Waals surface area contributed by atoms with Gasteiger partial charge in [-0.1, -0.05) is 0 Å². The number of carbonyl (C=O) groups excluding carboxylic acids is 2. The minimum absolute atomic E-state index is 0.264. The summed E-state index contributed by atoms with van der Waals surface area (Å²) in [5, 5.41) is 0. The molecule has 0 atom stereocenters. The molecule has 1 amide bonds. The summed E-state index contributed by atoms with van der Waals surface area (Å²) in [6.07, 6.45) is 0.951. The number of esters is 1. The number of nitrogens with one attached hydrogen (secondary N) is 1. The number of likely N-dealkylation sites (N-methyl/N-ethyl adjacent to an activating group) is 1. The van der Waals surface area contributed by atoms with Crippen molar-refractivity contribution in [1.29, 1.82) is 0 Å². The Morgan fingerprint density at radius 3 is 2.55 bits per heavy atom. The minimum Gasteiger partial charge on any atom is -0.462 e. The lowest BCUT2D eigenvalue weighted by Crippen LogP contribution is -2.36. The van der Waals surface area contributed by atoms with E-state index in [4.69, 9.17) is 14.2 Å². The number of aromatic amines is 1. The van der Waals surface area contributed by atoms with Crippen LogP contribution in [0.5, 0.6) is 0 Å². The number of H-pyrrole nitrogens is 1. The molecule has 1 rings (SSSR count). The molecule has 1 aromatic rings. The van der Waals surface area contributed by atoms with Crippen LogP contribution in [0.4, 0.5) is 0 Å². The van der Waals surface area contributed by atoms with Gasteiger partial charge in [0.15, 0.2) is 6.29 Å². The predicted octanol–water partition coefficient (Wildman–Crippen LogP) is 0.882. The van der Waals surface area contributed by atoms with Crippen LogP contribution in [-0.2, 0) is 14.2 Å². The first-order chi connectivity index (χ1) is 9.53. The Morgan fingerprint density at radius 2 is 2.00 bits per heavy atom. The highest BCUT2D eigenvalue weighted by Gasteiger charge is 2.19. The third kappa shape index (κ3) is 4.07. The topological polar surface area (TPSA) is 80.9 Å². The van der Waals surface area contributed by atoms with Crippen LogP contribution < -0.4 is 0 Å². The molecule has 1 heterocycles. The maximum Gasteiger partial charge on any atom is 0.339 e. The molecule has 0 aliphatic rings. The van der Waals surface area contributed by atoms with E-state index >= 15 is 0 Å². The quantitative estimate of drug-likeness (QED) is 0.594. The molecule has 0 fully saturated rings. The van der Waals surface area contributed by atoms with Gasteiger partial charge in [-0.05, 0) is 13.0 Å². The second-order valence-electron chi connectivity index (χ2n) is 4.11. The van der Waals surface area contributed by atoms with E-state index in [2.05, 4.69) is 4.98 Å². The molecule has 0 aromatic carbocycles. The van der Waals surface area contributed by atoms with E-state index in [-0.39, 0.29) is 19.1 Å². The summed E-state index contributed by atoms with van der Waals surface area (Å²) in [5.74, 6) is -0.725. The van der Waals surface area contributed by atoms with Gasteiger partial charge in [0.2, 0.25) is 0 Å². The van der Waals surface area contributed by atoms with Crippen molar-refractivity contribution in [2.75, 3.05) is 34.4 Å². The molecule has 20 heavy (non-hydrogen) atoms. The summed E-state index contributed by atoms with van der Waals surface area (Å²) in [6.45, 7) is 2.29. The van der Waals surface area contributed by atoms with Gasteiger partial charge in [0, 0.05) is 27.5 Å². The standard InChI is InChI=1S/C13H20N2O5/c1-5-20-13(17)9-6-10(14-7-9)12(16)15(2)8-11(18-3)19-4/h6-7,11,14H,5,8H2,1-4H3. The average molecular weight is 284 g/mol. The van der Waals surface area contributed by atoms with Crippen LogP contribution in [0.1, 0.15) is 27.8 Å². The van der Waals surface area contributed by atoms with Gasteiger partial charge in [-0.15, -0.1) is 0 Å². The van der Waals surface area contributed by atoms with Crippen LogP contribution in [0.2, 0.25) is 0 Å². The fourth-order valence-corrected chi connectivity index (χ4v) is 1.61. The van der Waals surface area contributed by atoms with Crippen molar-refractivity contribution in [1.82, 2.24) is 9.88 Å². The number of rotatable bonds is 7. The number of nitrogens with zero attached hydrogens (tertiary/aromatic N) is 1. The van der Waals surface area contributed by atoms with Gasteiger partial charge >= 0.3 is 5.97 Å². The van der Waals surface area contributed by atoms with E-state index in [9.17, 15) is 9.59 Å². The number of aromatic nitrogens is 1. The van der Waals surface area contributed by atoms with Crippen molar-refractivity contribution in [2.45, 2.75) is 13.2 Å². The lowest BCUT2D eigenvalue weighted by Gasteiger charge is -2.21. The van der Waals surface area contributed by atoms with Gasteiger partial charge in [-0.2, -0.15) is 0 Å². The van der Waals surface area contributed by atoms with Gasteiger partial charge in [0.1, 0.15) is 5.69 Å². The Bertz CT molecular complexity index is 453. The zero-order valence-corrected chi connectivity index (χ0v) is 12.1. The summed E-state index contributed by atoms with van der Waals surface area (Å²) in [6, 6.07) is 1.46. The number of hydrogen-bond acceptors (Lipinski definition) is 5. The number of amides is 1. The first-order valence-electron chi connectivity index (χ1n) is 6.20. The summed E-state index contributed by atoms with van der Waals surface area (Å²) >= 11 is 0. The fraction of sp³-hybridized carbons (Fsp3) is 0.538. The maximum atomic E-state index is 12.1. The summed E-state index contributed by atoms with van der Waals surface area (Å²) in [5.41, 5.74) is 0.625. The van der Waals surface area contributed by atoms with Crippen LogP contribution in [0.3, 0.4) is 0 Å². The van der Waals surface area contributed by atoms with Crippen LogP contribution in [0.15, 0.2) is 12.3 Å². The Balaban J connectivity index is 2.70. The zero-order valence-electron chi connectivity index (χ0n) is 12.1. The predicted molar refractivity (Wildman–Crippen MR) is 71.5 cm³/mol. The monoisotopic (exact) mass is 284 g/mol. The molecule has 0 aliphatic heterocycles. The van der Waals surface area contributed by atoms with Crippen molar-refractivity contribution in [2.24, 2.45) is 0 Å². The molecular weight excluding hydrogens is 264 g/mol. The molecule has 0 unspecified atom stereocenters. The number of ether oxygens (including phenoxy) is 3. The van der Waals surface area contributed by atoms with Gasteiger partial charge in [-0.25, -0.2) is 4.79 Å². The summed E-state index contributed by atoms with van der Waals surface area (Å²) in [7, 11) is 4.62. The third-order valence-electron chi connectivity index (χ3n) is 2.72. The Morgan fingerprint density at radius 1 is 1.35 bits per heavy atom. The van der Waals surface area contributed by atoms with Crippen LogP contribution in [0.25, 0.3) is 0 Å². The fourth-order valence-electron chi connectivity index (χ4n) is 1.61. The Hall–Kier alpha value is -1.86. The molecule has 0 bridgehead atoms. The lowest BCUT2D eigenvalue weighted by molar-refractivity contribution is -0.110. The first kappa shape index (κ1) is 16.2. The van der Waals surface area contributed by atoms with Gasteiger partial charge in [-0.3, -0.25) is 4.79 Å². The maximum absolute atomic E-state index is 12.1. The van der Waals surface area contributed by atoms with E-state index in [0.29, 0.717) is 11.3 Å². The number of carbonyl (C=O) groups is 2. The van der Waals surface area contributed by atoms with Gasteiger partial charge < -0.3 is 24.1 Å². The molecular formula is C13H20N2O5. The normalized spacial score (nSPS) is 10.7. The molecule has 0 radical (unpaired) electrons. The molecule has 1 N–H and O–H groups in total. The summed E-state index contributed by atoms with van der Waals surface area (Å²) in [4.78, 5) is 27.9. The van der Waals surface area contributed by atoms with E-state index in [1.807, 2.05) is 0 Å². The van der Waals surface area contributed by atoms with Crippen molar-refractivity contribution < 1.29 is 23.8 Å². The molecule has 0 aliphatic carbocycles. The largest absolute Gasteiger partial charge is 0.462 e. The third-order valence-corrected chi connectivity index (χ3v) is 2.72. The molecule has 0 saturated heterocycles. The van der Waals surface area contributed by atoms with Gasteiger partial charge in [0.05, 0.1) is 18.7 Å². The number of methoxy groups -OCH3 is 2. The van der Waals surface area contributed by atoms with E-state index in [1.54, 1.807) is 14.0 Å². The van der Waals surface area contributed by atoms with Crippen LogP contribution in [-0.4, -0.2) is 62.5 Å². The summed E-state index contributed by atoms with van der Waals surface area (Å²) < 4.78 is 14.9. The van der Waals surface area contributed by atoms with Gasteiger partial charge in [0.25, 0.3) is 5.91 Å². The van der Waals surface area contributed by atoms with E-state index in [1.165, 1.54) is 31.4 Å². The highest BCUT2D eigenvalue weighted by molar-refractivity contribution is 5.96.